The Morgan fingerprint density at radius 2 is 2.35 bits per heavy atom. The number of carbonyl (C=O) groups excluding carboxylic acids is 1. The van der Waals surface area contributed by atoms with Crippen molar-refractivity contribution in [3.8, 4) is 6.07 Å². The van der Waals surface area contributed by atoms with Gasteiger partial charge in [-0.15, -0.1) is 0 Å². The molecular weight excluding hydrogens is 219 g/mol. The van der Waals surface area contributed by atoms with Gasteiger partial charge in [-0.1, -0.05) is 0 Å². The second-order valence-corrected chi connectivity index (χ2v) is 4.31. The molecule has 2 rings (SSSR count). The van der Waals surface area contributed by atoms with Gasteiger partial charge in [-0.25, -0.2) is 4.39 Å². The number of nitriles is 1. The van der Waals surface area contributed by atoms with Crippen molar-refractivity contribution in [1.29, 1.82) is 5.26 Å². The molecule has 0 saturated heterocycles. The summed E-state index contributed by atoms with van der Waals surface area (Å²) in [6.45, 7) is 0.553. The Labute approximate surface area is 99.5 Å². The lowest BCUT2D eigenvalue weighted by Crippen LogP contribution is -2.37. The average Bonchev–Trinajstić information content (AvgIpc) is 2.32. The highest BCUT2D eigenvalue weighted by atomic mass is 19.1. The smallest absolute Gasteiger partial charge is 0.253 e. The molecule has 3 nitrogen and oxygen atoms in total. The van der Waals surface area contributed by atoms with E-state index >= 15 is 0 Å². The van der Waals surface area contributed by atoms with E-state index in [0.717, 1.165) is 5.56 Å². The van der Waals surface area contributed by atoms with Crippen LogP contribution in [0.2, 0.25) is 0 Å². The third-order valence-electron chi connectivity index (χ3n) is 3.13. The normalized spacial score (nSPS) is 18.8. The lowest BCUT2D eigenvalue weighted by Gasteiger charge is -2.31. The van der Waals surface area contributed by atoms with Gasteiger partial charge in [0.05, 0.1) is 6.07 Å². The van der Waals surface area contributed by atoms with Crippen LogP contribution in [-0.2, 0) is 0 Å². The molecule has 0 aromatic heterocycles. The van der Waals surface area contributed by atoms with E-state index in [2.05, 4.69) is 6.07 Å². The minimum atomic E-state index is -0.330. The summed E-state index contributed by atoms with van der Waals surface area (Å²) in [4.78, 5) is 13.5. The molecule has 0 saturated carbocycles. The van der Waals surface area contributed by atoms with Gasteiger partial charge in [-0.05, 0) is 30.2 Å². The van der Waals surface area contributed by atoms with Crippen LogP contribution in [0.15, 0.2) is 18.2 Å². The number of amides is 1. The molecule has 1 aliphatic rings. The van der Waals surface area contributed by atoms with Gasteiger partial charge in [0, 0.05) is 31.5 Å². The first-order valence-electron chi connectivity index (χ1n) is 5.55. The summed E-state index contributed by atoms with van der Waals surface area (Å²) < 4.78 is 13.2. The van der Waals surface area contributed by atoms with Gasteiger partial charge in [0.1, 0.15) is 5.82 Å². The maximum Gasteiger partial charge on any atom is 0.253 e. The largest absolute Gasteiger partial charge is 0.341 e. The van der Waals surface area contributed by atoms with Gasteiger partial charge >= 0.3 is 0 Å². The van der Waals surface area contributed by atoms with Crippen LogP contribution in [0.4, 0.5) is 4.39 Å². The second-order valence-electron chi connectivity index (χ2n) is 4.31. The van der Waals surface area contributed by atoms with Gasteiger partial charge in [-0.3, -0.25) is 4.79 Å². The minimum absolute atomic E-state index is 0.0584. The second kappa shape index (κ2) is 4.54. The molecule has 0 N–H and O–H groups in total. The monoisotopic (exact) mass is 232 g/mol. The Morgan fingerprint density at radius 1 is 1.59 bits per heavy atom. The van der Waals surface area contributed by atoms with Crippen LogP contribution in [0.25, 0.3) is 0 Å². The zero-order chi connectivity index (χ0) is 12.4. The number of hydrogen-bond acceptors (Lipinski definition) is 2. The summed E-state index contributed by atoms with van der Waals surface area (Å²) in [5, 5.41) is 8.61. The highest BCUT2D eigenvalue weighted by Crippen LogP contribution is 2.31. The fourth-order valence-corrected chi connectivity index (χ4v) is 2.27. The van der Waals surface area contributed by atoms with Crippen LogP contribution in [0.3, 0.4) is 0 Å². The lowest BCUT2D eigenvalue weighted by molar-refractivity contribution is 0.0763. The van der Waals surface area contributed by atoms with E-state index < -0.39 is 0 Å². The third-order valence-corrected chi connectivity index (χ3v) is 3.13. The number of nitrogens with zero attached hydrogens (tertiary/aromatic N) is 2. The van der Waals surface area contributed by atoms with Crippen LogP contribution in [0.1, 0.15) is 34.7 Å². The molecule has 1 aliphatic heterocycles. The van der Waals surface area contributed by atoms with Gasteiger partial charge < -0.3 is 4.90 Å². The van der Waals surface area contributed by atoms with Crippen LogP contribution in [0, 0.1) is 17.1 Å². The summed E-state index contributed by atoms with van der Waals surface area (Å²) in [7, 11) is 1.73. The molecule has 0 radical (unpaired) electrons. The van der Waals surface area contributed by atoms with E-state index in [1.54, 1.807) is 11.9 Å². The predicted octanol–water partition coefficient (Wildman–Crippen LogP) is 2.30. The molecule has 0 spiro atoms. The first kappa shape index (κ1) is 11.6. The number of carbonyl (C=O) groups is 1. The van der Waals surface area contributed by atoms with E-state index in [4.69, 9.17) is 5.26 Å². The number of rotatable bonds is 2. The summed E-state index contributed by atoms with van der Waals surface area (Å²) in [6.07, 6.45) is 1.08. The molecule has 0 aliphatic carbocycles. The zero-order valence-corrected chi connectivity index (χ0v) is 9.61. The number of benzene rings is 1. The lowest BCUT2D eigenvalue weighted by atomic mass is 9.86. The minimum Gasteiger partial charge on any atom is -0.341 e. The molecule has 0 fully saturated rings. The van der Waals surface area contributed by atoms with Gasteiger partial charge in [-0.2, -0.15) is 5.26 Å². The Balaban J connectivity index is 2.40. The predicted molar refractivity (Wildman–Crippen MR) is 60.9 cm³/mol. The van der Waals surface area contributed by atoms with Crippen molar-refractivity contribution in [3.05, 3.63) is 35.1 Å². The van der Waals surface area contributed by atoms with Gasteiger partial charge in [0.2, 0.25) is 0 Å². The summed E-state index contributed by atoms with van der Waals surface area (Å²) >= 11 is 0. The first-order chi connectivity index (χ1) is 8.13. The molecular formula is C13H13FN2O. The molecule has 1 aromatic carbocycles. The van der Waals surface area contributed by atoms with Crippen molar-refractivity contribution in [3.63, 3.8) is 0 Å². The average molecular weight is 232 g/mol. The van der Waals surface area contributed by atoms with Gasteiger partial charge in [0.25, 0.3) is 5.91 Å². The van der Waals surface area contributed by atoms with Crippen LogP contribution < -0.4 is 0 Å². The number of halogens is 1. The number of hydrogen-bond donors (Lipinski definition) is 0. The third kappa shape index (κ3) is 2.14. The van der Waals surface area contributed by atoms with Crippen LogP contribution in [-0.4, -0.2) is 24.4 Å². The maximum absolute atomic E-state index is 13.2. The number of fused-ring (bicyclic) bond motifs is 1. The van der Waals surface area contributed by atoms with Crippen LogP contribution in [0.5, 0.6) is 0 Å². The van der Waals surface area contributed by atoms with Gasteiger partial charge in [0.15, 0.2) is 0 Å². The van der Waals surface area contributed by atoms with Crippen LogP contribution >= 0.6 is 0 Å². The van der Waals surface area contributed by atoms with Crippen molar-refractivity contribution < 1.29 is 9.18 Å². The van der Waals surface area contributed by atoms with Crippen molar-refractivity contribution >= 4 is 5.91 Å². The molecule has 0 bridgehead atoms. The summed E-state index contributed by atoms with van der Waals surface area (Å²) in [5.41, 5.74) is 1.30. The summed E-state index contributed by atoms with van der Waals surface area (Å²) in [5.74, 6) is -0.348. The van der Waals surface area contributed by atoms with Crippen molar-refractivity contribution in [1.82, 2.24) is 4.90 Å². The summed E-state index contributed by atoms with van der Waals surface area (Å²) in [6, 6.07) is 6.34. The van der Waals surface area contributed by atoms with Crippen molar-refractivity contribution in [2.24, 2.45) is 0 Å². The Hall–Kier alpha value is -1.89. The standard InChI is InChI=1S/C13H13FN2O/c1-16-8-9(3-2-6-15)12-7-10(14)4-5-11(12)13(16)17/h4-5,7,9H,2-3,8H2,1H3. The van der Waals surface area contributed by atoms with Crippen molar-refractivity contribution in [2.75, 3.05) is 13.6 Å². The quantitative estimate of drug-likeness (QED) is 0.785. The van der Waals surface area contributed by atoms with E-state index in [-0.39, 0.29) is 17.6 Å². The molecule has 1 unspecified atom stereocenters. The van der Waals surface area contributed by atoms with E-state index in [1.165, 1.54) is 18.2 Å². The highest BCUT2D eigenvalue weighted by Gasteiger charge is 2.29. The molecule has 1 atom stereocenters. The topological polar surface area (TPSA) is 44.1 Å². The van der Waals surface area contributed by atoms with E-state index in [1.807, 2.05) is 0 Å². The highest BCUT2D eigenvalue weighted by molar-refractivity contribution is 5.96. The molecule has 1 heterocycles. The fraction of sp³-hybridized carbons (Fsp3) is 0.385. The molecule has 88 valence electrons. The molecule has 17 heavy (non-hydrogen) atoms. The molecule has 1 aromatic rings. The SMILES string of the molecule is CN1CC(CCC#N)c2cc(F)ccc2C1=O. The molecule has 1 amide bonds. The van der Waals surface area contributed by atoms with Crippen molar-refractivity contribution in [2.45, 2.75) is 18.8 Å². The maximum atomic E-state index is 13.2. The Kier molecular flexibility index (Phi) is 3.10. The Bertz CT molecular complexity index is 493. The van der Waals surface area contributed by atoms with E-state index in [9.17, 15) is 9.18 Å². The Morgan fingerprint density at radius 3 is 3.06 bits per heavy atom. The first-order valence-corrected chi connectivity index (χ1v) is 5.55. The molecule has 4 heteroatoms. The zero-order valence-electron chi connectivity index (χ0n) is 9.61. The fourth-order valence-electron chi connectivity index (χ4n) is 2.27. The van der Waals surface area contributed by atoms with E-state index in [0.29, 0.717) is 24.9 Å². The number of likely N-dealkylation sites (N-methyl/N-ethyl adjacent to an activating group) is 1.